The summed E-state index contributed by atoms with van der Waals surface area (Å²) in [5, 5.41) is 3.37. The van der Waals surface area contributed by atoms with Crippen molar-refractivity contribution in [2.24, 2.45) is 0 Å². The lowest BCUT2D eigenvalue weighted by molar-refractivity contribution is 0.181. The number of rotatable bonds is 4. The Hall–Kier alpha value is -2.01. The number of hydrogen-bond acceptors (Lipinski definition) is 3. The number of carbonyl (C=O) groups is 1. The van der Waals surface area contributed by atoms with E-state index in [0.29, 0.717) is 13.2 Å². The minimum absolute atomic E-state index is 0.279. The van der Waals surface area contributed by atoms with Gasteiger partial charge in [0.2, 0.25) is 0 Å². The molecule has 1 aliphatic rings. The van der Waals surface area contributed by atoms with Gasteiger partial charge in [-0.15, -0.1) is 0 Å². The Bertz CT molecular complexity index is 660. The standard InChI is InChI=1S/C16H15BrN2O2/c17-13-4-1-3-12(9-13)11-18-14-5-2-6-15(10-14)19-7-8-21-16(19)20/h1-6,9-10,18H,7-8,11H2. The number of benzene rings is 2. The second-order valence-electron chi connectivity index (χ2n) is 4.80. The third-order valence-electron chi connectivity index (χ3n) is 3.30. The number of amides is 1. The van der Waals surface area contributed by atoms with Crippen LogP contribution >= 0.6 is 15.9 Å². The summed E-state index contributed by atoms with van der Waals surface area (Å²) in [5.74, 6) is 0. The second kappa shape index (κ2) is 6.18. The van der Waals surface area contributed by atoms with E-state index in [4.69, 9.17) is 4.74 Å². The summed E-state index contributed by atoms with van der Waals surface area (Å²) < 4.78 is 6.03. The molecule has 0 spiro atoms. The van der Waals surface area contributed by atoms with Gasteiger partial charge in [0.25, 0.3) is 0 Å². The maximum Gasteiger partial charge on any atom is 0.414 e. The highest BCUT2D eigenvalue weighted by Crippen LogP contribution is 2.23. The van der Waals surface area contributed by atoms with Crippen LogP contribution in [-0.2, 0) is 11.3 Å². The maximum atomic E-state index is 11.6. The number of ether oxygens (including phenoxy) is 1. The van der Waals surface area contributed by atoms with Gasteiger partial charge in [-0.2, -0.15) is 0 Å². The molecule has 3 rings (SSSR count). The molecule has 0 aliphatic carbocycles. The van der Waals surface area contributed by atoms with Gasteiger partial charge in [0.15, 0.2) is 0 Å². The second-order valence-corrected chi connectivity index (χ2v) is 5.72. The third kappa shape index (κ3) is 3.36. The van der Waals surface area contributed by atoms with Crippen LogP contribution in [0.3, 0.4) is 0 Å². The van der Waals surface area contributed by atoms with Crippen LogP contribution in [-0.4, -0.2) is 19.2 Å². The first-order valence-corrected chi connectivity index (χ1v) is 7.54. The molecule has 1 heterocycles. The zero-order chi connectivity index (χ0) is 14.7. The smallest absolute Gasteiger partial charge is 0.414 e. The zero-order valence-corrected chi connectivity index (χ0v) is 13.0. The van der Waals surface area contributed by atoms with E-state index >= 15 is 0 Å². The summed E-state index contributed by atoms with van der Waals surface area (Å²) in [6.45, 7) is 1.79. The van der Waals surface area contributed by atoms with Crippen molar-refractivity contribution in [2.75, 3.05) is 23.4 Å². The van der Waals surface area contributed by atoms with Crippen molar-refractivity contribution in [3.63, 3.8) is 0 Å². The number of cyclic esters (lactones) is 1. The molecule has 0 saturated carbocycles. The molecule has 1 saturated heterocycles. The van der Waals surface area contributed by atoms with Gasteiger partial charge >= 0.3 is 6.09 Å². The first-order valence-electron chi connectivity index (χ1n) is 6.75. The lowest BCUT2D eigenvalue weighted by atomic mass is 10.2. The van der Waals surface area contributed by atoms with Crippen LogP contribution in [0.15, 0.2) is 53.0 Å². The minimum atomic E-state index is -0.279. The SMILES string of the molecule is O=C1OCCN1c1cccc(NCc2cccc(Br)c2)c1. The third-order valence-corrected chi connectivity index (χ3v) is 3.80. The van der Waals surface area contributed by atoms with Crippen LogP contribution in [0.4, 0.5) is 16.2 Å². The first-order chi connectivity index (χ1) is 10.2. The topological polar surface area (TPSA) is 41.6 Å². The summed E-state index contributed by atoms with van der Waals surface area (Å²) in [6, 6.07) is 16.0. The number of halogens is 1. The van der Waals surface area contributed by atoms with Gasteiger partial charge in [-0.1, -0.05) is 34.1 Å². The molecule has 4 nitrogen and oxygen atoms in total. The molecule has 1 amide bonds. The Morgan fingerprint density at radius 1 is 1.19 bits per heavy atom. The molecule has 2 aromatic carbocycles. The van der Waals surface area contributed by atoms with Crippen LogP contribution in [0.25, 0.3) is 0 Å². The van der Waals surface area contributed by atoms with E-state index in [1.54, 1.807) is 4.90 Å². The van der Waals surface area contributed by atoms with Crippen molar-refractivity contribution in [2.45, 2.75) is 6.54 Å². The summed E-state index contributed by atoms with van der Waals surface area (Å²) in [5.41, 5.74) is 3.03. The van der Waals surface area contributed by atoms with Gasteiger partial charge in [-0.05, 0) is 35.9 Å². The molecule has 2 aromatic rings. The Morgan fingerprint density at radius 3 is 2.81 bits per heavy atom. The van der Waals surface area contributed by atoms with E-state index < -0.39 is 0 Å². The average molecular weight is 347 g/mol. The fraction of sp³-hybridized carbons (Fsp3) is 0.188. The van der Waals surface area contributed by atoms with Crippen LogP contribution in [0.1, 0.15) is 5.56 Å². The van der Waals surface area contributed by atoms with E-state index in [0.717, 1.165) is 22.4 Å². The van der Waals surface area contributed by atoms with Gasteiger partial charge in [0.05, 0.1) is 6.54 Å². The van der Waals surface area contributed by atoms with Crippen LogP contribution in [0.2, 0.25) is 0 Å². The molecule has 108 valence electrons. The van der Waals surface area contributed by atoms with E-state index in [9.17, 15) is 4.79 Å². The molecule has 1 aliphatic heterocycles. The predicted molar refractivity (Wildman–Crippen MR) is 86.6 cm³/mol. The van der Waals surface area contributed by atoms with Crippen molar-refractivity contribution in [1.29, 1.82) is 0 Å². The molecular formula is C16H15BrN2O2. The molecule has 1 fully saturated rings. The molecular weight excluding hydrogens is 332 g/mol. The van der Waals surface area contributed by atoms with E-state index in [2.05, 4.69) is 33.4 Å². The average Bonchev–Trinajstić information content (AvgIpc) is 2.92. The summed E-state index contributed by atoms with van der Waals surface area (Å²) >= 11 is 3.47. The summed E-state index contributed by atoms with van der Waals surface area (Å²) in [6.07, 6.45) is -0.279. The summed E-state index contributed by atoms with van der Waals surface area (Å²) in [7, 11) is 0. The van der Waals surface area contributed by atoms with Crippen molar-refractivity contribution in [3.05, 3.63) is 58.6 Å². The van der Waals surface area contributed by atoms with Gasteiger partial charge in [0, 0.05) is 22.4 Å². The largest absolute Gasteiger partial charge is 0.447 e. The Balaban J connectivity index is 1.70. The highest BCUT2D eigenvalue weighted by atomic mass is 79.9. The quantitative estimate of drug-likeness (QED) is 0.908. The zero-order valence-electron chi connectivity index (χ0n) is 11.4. The van der Waals surface area contributed by atoms with E-state index in [1.165, 1.54) is 5.56 Å². The Kier molecular flexibility index (Phi) is 4.10. The van der Waals surface area contributed by atoms with Crippen LogP contribution < -0.4 is 10.2 Å². The van der Waals surface area contributed by atoms with Crippen LogP contribution in [0, 0.1) is 0 Å². The van der Waals surface area contributed by atoms with E-state index in [-0.39, 0.29) is 6.09 Å². The van der Waals surface area contributed by atoms with Gasteiger partial charge in [-0.25, -0.2) is 4.79 Å². The van der Waals surface area contributed by atoms with E-state index in [1.807, 2.05) is 36.4 Å². The highest BCUT2D eigenvalue weighted by molar-refractivity contribution is 9.10. The number of nitrogens with one attached hydrogen (secondary N) is 1. The van der Waals surface area contributed by atoms with Crippen molar-refractivity contribution in [3.8, 4) is 0 Å². The van der Waals surface area contributed by atoms with Crippen molar-refractivity contribution < 1.29 is 9.53 Å². The number of nitrogens with zero attached hydrogens (tertiary/aromatic N) is 1. The Labute approximate surface area is 131 Å². The van der Waals surface area contributed by atoms with Gasteiger partial charge in [-0.3, -0.25) is 4.90 Å². The molecule has 21 heavy (non-hydrogen) atoms. The number of hydrogen-bond donors (Lipinski definition) is 1. The molecule has 0 bridgehead atoms. The minimum Gasteiger partial charge on any atom is -0.447 e. The molecule has 0 unspecified atom stereocenters. The molecule has 0 atom stereocenters. The van der Waals surface area contributed by atoms with Gasteiger partial charge < -0.3 is 10.1 Å². The highest BCUT2D eigenvalue weighted by Gasteiger charge is 2.23. The molecule has 0 aromatic heterocycles. The monoisotopic (exact) mass is 346 g/mol. The predicted octanol–water partition coefficient (Wildman–Crippen LogP) is 4.02. The maximum absolute atomic E-state index is 11.6. The van der Waals surface area contributed by atoms with Crippen molar-refractivity contribution in [1.82, 2.24) is 0 Å². The molecule has 0 radical (unpaired) electrons. The van der Waals surface area contributed by atoms with Crippen molar-refractivity contribution >= 4 is 33.4 Å². The summed E-state index contributed by atoms with van der Waals surface area (Å²) in [4.78, 5) is 13.2. The van der Waals surface area contributed by atoms with Crippen LogP contribution in [0.5, 0.6) is 0 Å². The lowest BCUT2D eigenvalue weighted by Crippen LogP contribution is -2.23. The fourth-order valence-electron chi connectivity index (χ4n) is 2.26. The fourth-order valence-corrected chi connectivity index (χ4v) is 2.71. The van der Waals surface area contributed by atoms with Gasteiger partial charge in [0.1, 0.15) is 6.61 Å². The normalized spacial score (nSPS) is 14.1. The lowest BCUT2D eigenvalue weighted by Gasteiger charge is -2.14. The first kappa shape index (κ1) is 13.9. The Morgan fingerprint density at radius 2 is 2.05 bits per heavy atom. The molecule has 1 N–H and O–H groups in total. The number of anilines is 2. The number of carbonyl (C=O) groups excluding carboxylic acids is 1. The molecule has 5 heteroatoms.